The van der Waals surface area contributed by atoms with Crippen molar-refractivity contribution in [3.05, 3.63) is 119 Å². The average molecular weight is 618 g/mol. The molecule has 0 bridgehead atoms. The zero-order chi connectivity index (χ0) is 33.1. The Kier molecular flexibility index (Phi) is 9.35. The lowest BCUT2D eigenvalue weighted by atomic mass is 9.79. The van der Waals surface area contributed by atoms with Gasteiger partial charge in [-0.05, 0) is 83.4 Å². The van der Waals surface area contributed by atoms with Crippen LogP contribution in [0.15, 0.2) is 85.5 Å². The van der Waals surface area contributed by atoms with E-state index in [2.05, 4.69) is 9.97 Å². The van der Waals surface area contributed by atoms with Gasteiger partial charge in [0.1, 0.15) is 0 Å². The number of primary amides is 2. The fourth-order valence-corrected chi connectivity index (χ4v) is 5.16. The van der Waals surface area contributed by atoms with E-state index >= 15 is 0 Å². The molecule has 0 saturated carbocycles. The molecule has 0 aliphatic heterocycles. The van der Waals surface area contributed by atoms with Gasteiger partial charge < -0.3 is 40.7 Å². The molecule has 0 unspecified atom stereocenters. The van der Waals surface area contributed by atoms with Gasteiger partial charge in [0.05, 0.1) is 34.7 Å². The van der Waals surface area contributed by atoms with Gasteiger partial charge >= 0.3 is 14.2 Å². The number of nitrogens with two attached hydrogens (primary N) is 2. The number of nitrogens with zero attached hydrogens (tertiary/aromatic N) is 4. The molecular formula is C32H32B2N6O6. The summed E-state index contributed by atoms with van der Waals surface area (Å²) < 4.78 is 3.90. The molecule has 8 N–H and O–H groups in total. The third-order valence-corrected chi connectivity index (χ3v) is 7.82. The van der Waals surface area contributed by atoms with Crippen molar-refractivity contribution >= 4 is 59.0 Å². The van der Waals surface area contributed by atoms with E-state index in [1.165, 1.54) is 0 Å². The summed E-state index contributed by atoms with van der Waals surface area (Å²) in [7, 11) is -2.95. The first-order valence-corrected chi connectivity index (χ1v) is 14.3. The van der Waals surface area contributed by atoms with E-state index < -0.39 is 26.1 Å². The van der Waals surface area contributed by atoms with Crippen molar-refractivity contribution < 1.29 is 29.7 Å². The normalized spacial score (nSPS) is 10.9. The van der Waals surface area contributed by atoms with Crippen LogP contribution in [0.2, 0.25) is 0 Å². The highest BCUT2D eigenvalue weighted by atomic mass is 16.4. The van der Waals surface area contributed by atoms with Gasteiger partial charge in [0.2, 0.25) is 11.8 Å². The van der Waals surface area contributed by atoms with E-state index in [1.807, 2.05) is 41.2 Å². The molecule has 0 saturated heterocycles. The highest BCUT2D eigenvalue weighted by molar-refractivity contribution is 6.59. The second-order valence-corrected chi connectivity index (χ2v) is 11.0. The van der Waals surface area contributed by atoms with Gasteiger partial charge in [0.25, 0.3) is 0 Å². The number of rotatable bonds is 8. The van der Waals surface area contributed by atoms with Crippen molar-refractivity contribution in [2.45, 2.75) is 26.9 Å². The summed E-state index contributed by atoms with van der Waals surface area (Å²) in [6, 6.07) is 20.9. The number of hydrogen-bond acceptors (Lipinski definition) is 8. The number of carbonyl (C=O) groups excluding carboxylic acids is 2. The Morgan fingerprint density at radius 3 is 1.61 bits per heavy atom. The van der Waals surface area contributed by atoms with Crippen LogP contribution in [0, 0.1) is 13.8 Å². The smallest absolute Gasteiger partial charge is 0.423 e. The van der Waals surface area contributed by atoms with E-state index in [4.69, 9.17) is 11.5 Å². The van der Waals surface area contributed by atoms with Crippen LogP contribution < -0.4 is 22.4 Å². The molecule has 6 rings (SSSR count). The zero-order valence-electron chi connectivity index (χ0n) is 25.2. The average Bonchev–Trinajstić information content (AvgIpc) is 3.62. The van der Waals surface area contributed by atoms with Gasteiger partial charge in [-0.2, -0.15) is 0 Å². The first-order chi connectivity index (χ1) is 21.9. The van der Waals surface area contributed by atoms with Crippen LogP contribution >= 0.6 is 0 Å². The van der Waals surface area contributed by atoms with E-state index in [9.17, 15) is 29.7 Å². The number of fused-ring (bicyclic) bond motifs is 2. The van der Waals surface area contributed by atoms with Gasteiger partial charge in [0, 0.05) is 24.2 Å². The molecule has 2 heterocycles. The minimum atomic E-state index is -1.48. The highest BCUT2D eigenvalue weighted by Gasteiger charge is 2.15. The summed E-state index contributed by atoms with van der Waals surface area (Å²) in [5, 5.41) is 36.9. The Morgan fingerprint density at radius 2 is 1.11 bits per heavy atom. The van der Waals surface area contributed by atoms with Crippen LogP contribution in [0.25, 0.3) is 22.1 Å². The monoisotopic (exact) mass is 618 g/mol. The number of imidazole rings is 2. The van der Waals surface area contributed by atoms with E-state index in [-0.39, 0.29) is 0 Å². The Balaban J connectivity index is 0.000000181. The van der Waals surface area contributed by atoms with Crippen LogP contribution in [-0.4, -0.2) is 65.2 Å². The molecule has 2 amide bonds. The Morgan fingerprint density at radius 1 is 0.630 bits per heavy atom. The maximum absolute atomic E-state index is 11.3. The largest absolute Gasteiger partial charge is 0.488 e. The molecule has 6 aromatic rings. The summed E-state index contributed by atoms with van der Waals surface area (Å²) in [6.07, 6.45) is 3.42. The summed E-state index contributed by atoms with van der Waals surface area (Å²) in [5.74, 6) is -0.951. The summed E-state index contributed by atoms with van der Waals surface area (Å²) in [5.41, 5.74) is 19.6. The number of aryl methyl sites for hydroxylation is 2. The molecule has 2 aromatic heterocycles. The van der Waals surface area contributed by atoms with E-state index in [0.29, 0.717) is 40.7 Å². The van der Waals surface area contributed by atoms with Crippen LogP contribution in [-0.2, 0) is 13.1 Å². The third-order valence-electron chi connectivity index (χ3n) is 7.82. The summed E-state index contributed by atoms with van der Waals surface area (Å²) in [6.45, 7) is 4.99. The Hall–Kier alpha value is -5.27. The van der Waals surface area contributed by atoms with Crippen LogP contribution in [0.5, 0.6) is 0 Å². The van der Waals surface area contributed by atoms with Crippen molar-refractivity contribution in [3.63, 3.8) is 0 Å². The molecule has 12 nitrogen and oxygen atoms in total. The van der Waals surface area contributed by atoms with Crippen molar-refractivity contribution in [2.75, 3.05) is 0 Å². The van der Waals surface area contributed by atoms with Gasteiger partial charge in [-0.25, -0.2) is 9.97 Å². The molecule has 4 aromatic carbocycles. The van der Waals surface area contributed by atoms with Crippen molar-refractivity contribution in [3.8, 4) is 0 Å². The van der Waals surface area contributed by atoms with Crippen LogP contribution in [0.3, 0.4) is 0 Å². The van der Waals surface area contributed by atoms with Gasteiger partial charge in [0.15, 0.2) is 0 Å². The lowest BCUT2D eigenvalue weighted by Crippen LogP contribution is -2.30. The Bertz CT molecular complexity index is 2070. The summed E-state index contributed by atoms with van der Waals surface area (Å²) >= 11 is 0. The minimum absolute atomic E-state index is 0.431. The van der Waals surface area contributed by atoms with Crippen molar-refractivity contribution in [1.29, 1.82) is 0 Å². The van der Waals surface area contributed by atoms with Crippen molar-refractivity contribution in [1.82, 2.24) is 19.1 Å². The first kappa shape index (κ1) is 32.1. The molecule has 46 heavy (non-hydrogen) atoms. The molecule has 0 fully saturated rings. The zero-order valence-corrected chi connectivity index (χ0v) is 25.2. The van der Waals surface area contributed by atoms with Crippen LogP contribution in [0.1, 0.15) is 43.0 Å². The van der Waals surface area contributed by atoms with Crippen molar-refractivity contribution in [2.24, 2.45) is 11.5 Å². The molecular weight excluding hydrogens is 586 g/mol. The number of amides is 2. The third kappa shape index (κ3) is 7.00. The number of carbonyl (C=O) groups is 2. The molecule has 232 valence electrons. The molecule has 0 aliphatic carbocycles. The van der Waals surface area contributed by atoms with Gasteiger partial charge in [-0.1, -0.05) is 36.4 Å². The van der Waals surface area contributed by atoms with Gasteiger partial charge in [-0.3, -0.25) is 9.59 Å². The summed E-state index contributed by atoms with van der Waals surface area (Å²) in [4.78, 5) is 31.2. The number of benzene rings is 4. The van der Waals surface area contributed by atoms with Gasteiger partial charge in [-0.15, -0.1) is 0 Å². The predicted molar refractivity (Wildman–Crippen MR) is 177 cm³/mol. The second-order valence-electron chi connectivity index (χ2n) is 11.0. The second kappa shape index (κ2) is 13.4. The molecule has 0 aliphatic rings. The molecule has 0 radical (unpaired) electrons. The fourth-order valence-electron chi connectivity index (χ4n) is 5.16. The molecule has 0 atom stereocenters. The van der Waals surface area contributed by atoms with E-state index in [1.54, 1.807) is 67.3 Å². The number of aromatic nitrogens is 4. The topological polar surface area (TPSA) is 203 Å². The van der Waals surface area contributed by atoms with Crippen LogP contribution in [0.4, 0.5) is 0 Å². The number of hydrogen-bond donors (Lipinski definition) is 6. The Labute approximate surface area is 264 Å². The predicted octanol–water partition coefficient (Wildman–Crippen LogP) is 0.343. The minimum Gasteiger partial charge on any atom is -0.423 e. The molecule has 14 heteroatoms. The standard InChI is InChI=1S/2C16H16BN3O3/c1-10-6-13(17(22)23)4-2-12(10)8-20-9-19-14-7-11(16(18)21)3-5-15(14)20;1-10-6-13(17(22)23)4-2-12(10)8-20-9-19-14-5-3-11(16(18)21)7-15(14)20/h2*2-7,9,22-23H,8H2,1H3,(H2,18,21). The lowest BCUT2D eigenvalue weighted by Gasteiger charge is -2.10. The van der Waals surface area contributed by atoms with E-state index in [0.717, 1.165) is 38.8 Å². The lowest BCUT2D eigenvalue weighted by molar-refractivity contribution is 0.0992. The SMILES string of the molecule is Cc1cc(B(O)O)ccc1Cn1cnc2cc(C(N)=O)ccc21.Cc1cc(B(O)O)ccc1Cn1cnc2ccc(C(N)=O)cc21. The first-order valence-electron chi connectivity index (χ1n) is 14.3. The maximum atomic E-state index is 11.3. The highest BCUT2D eigenvalue weighted by Crippen LogP contribution is 2.19. The quantitative estimate of drug-likeness (QED) is 0.131. The maximum Gasteiger partial charge on any atom is 0.488 e. The molecule has 0 spiro atoms. The fraction of sp³-hybridized carbons (Fsp3) is 0.125.